The first-order chi connectivity index (χ1) is 12.6. The van der Waals surface area contributed by atoms with Crippen molar-refractivity contribution in [2.75, 3.05) is 12.4 Å². The SMILES string of the molecule is COc1ccc2ccccc2c1CCC(=O)Nc1ccccc1C(=O)O. The summed E-state index contributed by atoms with van der Waals surface area (Å²) in [6, 6.07) is 18.2. The zero-order valence-corrected chi connectivity index (χ0v) is 14.4. The third-order valence-corrected chi connectivity index (χ3v) is 4.25. The Morgan fingerprint density at radius 2 is 1.73 bits per heavy atom. The van der Waals surface area contributed by atoms with Crippen LogP contribution in [0.3, 0.4) is 0 Å². The molecule has 0 spiro atoms. The number of ether oxygens (including phenoxy) is 1. The molecular formula is C21H19NO4. The molecule has 0 saturated heterocycles. The summed E-state index contributed by atoms with van der Waals surface area (Å²) in [5.41, 5.74) is 1.34. The predicted molar refractivity (Wildman–Crippen MR) is 101 cm³/mol. The highest BCUT2D eigenvalue weighted by Crippen LogP contribution is 2.29. The number of carboxylic acids is 1. The maximum absolute atomic E-state index is 12.4. The minimum atomic E-state index is -1.07. The largest absolute Gasteiger partial charge is 0.496 e. The van der Waals surface area contributed by atoms with Crippen LogP contribution in [0.5, 0.6) is 5.75 Å². The van der Waals surface area contributed by atoms with Gasteiger partial charge in [-0.3, -0.25) is 4.79 Å². The summed E-state index contributed by atoms with van der Waals surface area (Å²) in [6.07, 6.45) is 0.712. The van der Waals surface area contributed by atoms with Crippen molar-refractivity contribution in [2.45, 2.75) is 12.8 Å². The lowest BCUT2D eigenvalue weighted by atomic mass is 9.99. The number of rotatable bonds is 6. The maximum Gasteiger partial charge on any atom is 0.337 e. The lowest BCUT2D eigenvalue weighted by molar-refractivity contribution is -0.116. The third kappa shape index (κ3) is 3.67. The second-order valence-electron chi connectivity index (χ2n) is 5.87. The molecule has 3 aromatic carbocycles. The van der Waals surface area contributed by atoms with Crippen LogP contribution in [0, 0.1) is 0 Å². The molecule has 5 heteroatoms. The number of methoxy groups -OCH3 is 1. The average molecular weight is 349 g/mol. The Hall–Kier alpha value is -3.34. The monoisotopic (exact) mass is 349 g/mol. The molecule has 0 bridgehead atoms. The molecule has 0 aromatic heterocycles. The second-order valence-corrected chi connectivity index (χ2v) is 5.87. The third-order valence-electron chi connectivity index (χ3n) is 4.25. The number of aryl methyl sites for hydroxylation is 1. The first kappa shape index (κ1) is 17.5. The van der Waals surface area contributed by atoms with Gasteiger partial charge in [-0.15, -0.1) is 0 Å². The zero-order valence-electron chi connectivity index (χ0n) is 14.4. The summed E-state index contributed by atoms with van der Waals surface area (Å²) in [5.74, 6) is -0.576. The molecule has 0 aliphatic rings. The van der Waals surface area contributed by atoms with Gasteiger partial charge in [-0.2, -0.15) is 0 Å². The van der Waals surface area contributed by atoms with Crippen molar-refractivity contribution in [2.24, 2.45) is 0 Å². The number of carboxylic acid groups (broad SMARTS) is 1. The summed E-state index contributed by atoms with van der Waals surface area (Å²) in [7, 11) is 1.61. The van der Waals surface area contributed by atoms with Gasteiger partial charge in [0.2, 0.25) is 5.91 Å². The Morgan fingerprint density at radius 3 is 2.50 bits per heavy atom. The van der Waals surface area contributed by atoms with Crippen molar-refractivity contribution in [1.29, 1.82) is 0 Å². The zero-order chi connectivity index (χ0) is 18.5. The van der Waals surface area contributed by atoms with Crippen molar-refractivity contribution >= 4 is 28.3 Å². The molecule has 0 aliphatic heterocycles. The van der Waals surface area contributed by atoms with Crippen LogP contribution in [0.4, 0.5) is 5.69 Å². The molecule has 0 saturated carbocycles. The fourth-order valence-electron chi connectivity index (χ4n) is 2.99. The normalized spacial score (nSPS) is 10.5. The van der Waals surface area contributed by atoms with E-state index < -0.39 is 5.97 Å². The molecule has 0 radical (unpaired) electrons. The maximum atomic E-state index is 12.4. The van der Waals surface area contributed by atoms with Crippen molar-refractivity contribution in [1.82, 2.24) is 0 Å². The van der Waals surface area contributed by atoms with E-state index in [9.17, 15) is 14.7 Å². The van der Waals surface area contributed by atoms with Gasteiger partial charge in [-0.1, -0.05) is 42.5 Å². The molecule has 0 atom stereocenters. The van der Waals surface area contributed by atoms with E-state index in [0.29, 0.717) is 12.1 Å². The predicted octanol–water partition coefficient (Wildman–Crippen LogP) is 4.12. The Morgan fingerprint density at radius 1 is 1.00 bits per heavy atom. The highest BCUT2D eigenvalue weighted by Gasteiger charge is 2.14. The Bertz CT molecular complexity index is 965. The Balaban J connectivity index is 1.78. The van der Waals surface area contributed by atoms with Gasteiger partial charge in [0.25, 0.3) is 0 Å². The molecule has 0 heterocycles. The van der Waals surface area contributed by atoms with E-state index in [2.05, 4.69) is 5.32 Å². The van der Waals surface area contributed by atoms with Crippen LogP contribution < -0.4 is 10.1 Å². The van der Waals surface area contributed by atoms with Gasteiger partial charge in [-0.25, -0.2) is 4.79 Å². The Kier molecular flexibility index (Phi) is 5.17. The van der Waals surface area contributed by atoms with E-state index in [4.69, 9.17) is 4.74 Å². The van der Waals surface area contributed by atoms with Gasteiger partial charge in [-0.05, 0) is 35.4 Å². The van der Waals surface area contributed by atoms with E-state index in [1.165, 1.54) is 6.07 Å². The fraction of sp³-hybridized carbons (Fsp3) is 0.143. The quantitative estimate of drug-likeness (QED) is 0.702. The van der Waals surface area contributed by atoms with E-state index in [-0.39, 0.29) is 17.9 Å². The average Bonchev–Trinajstić information content (AvgIpc) is 2.66. The number of hydrogen-bond acceptors (Lipinski definition) is 3. The van der Waals surface area contributed by atoms with E-state index in [0.717, 1.165) is 22.1 Å². The first-order valence-electron chi connectivity index (χ1n) is 8.27. The molecule has 2 N–H and O–H groups in total. The van der Waals surface area contributed by atoms with Gasteiger partial charge in [0, 0.05) is 12.0 Å². The molecule has 26 heavy (non-hydrogen) atoms. The molecule has 3 rings (SSSR count). The number of aromatic carboxylic acids is 1. The number of para-hydroxylation sites is 1. The van der Waals surface area contributed by atoms with E-state index in [1.54, 1.807) is 25.3 Å². The molecular weight excluding hydrogens is 330 g/mol. The van der Waals surface area contributed by atoms with Gasteiger partial charge in [0.1, 0.15) is 5.75 Å². The second kappa shape index (κ2) is 7.70. The van der Waals surface area contributed by atoms with Crippen LogP contribution in [0.1, 0.15) is 22.3 Å². The first-order valence-corrected chi connectivity index (χ1v) is 8.27. The van der Waals surface area contributed by atoms with Crippen LogP contribution in [-0.2, 0) is 11.2 Å². The van der Waals surface area contributed by atoms with Crippen LogP contribution in [-0.4, -0.2) is 24.1 Å². The molecule has 3 aromatic rings. The number of fused-ring (bicyclic) bond motifs is 1. The smallest absolute Gasteiger partial charge is 0.337 e. The minimum Gasteiger partial charge on any atom is -0.496 e. The van der Waals surface area contributed by atoms with Crippen molar-refractivity contribution in [3.63, 3.8) is 0 Å². The lowest BCUT2D eigenvalue weighted by Gasteiger charge is -2.13. The highest BCUT2D eigenvalue weighted by molar-refractivity contribution is 6.00. The molecule has 5 nitrogen and oxygen atoms in total. The standard InChI is InChI=1S/C21H19NO4/c1-26-19-12-10-14-6-2-3-7-15(14)16(19)11-13-20(23)22-18-9-5-4-8-17(18)21(24)25/h2-10,12H,11,13H2,1H3,(H,22,23)(H,24,25). The van der Waals surface area contributed by atoms with Gasteiger partial charge >= 0.3 is 5.97 Å². The molecule has 0 fully saturated rings. The van der Waals surface area contributed by atoms with Crippen LogP contribution in [0.25, 0.3) is 10.8 Å². The van der Waals surface area contributed by atoms with Gasteiger partial charge in [0.05, 0.1) is 18.4 Å². The lowest BCUT2D eigenvalue weighted by Crippen LogP contribution is -2.15. The molecule has 0 aliphatic carbocycles. The van der Waals surface area contributed by atoms with Crippen LogP contribution in [0.15, 0.2) is 60.7 Å². The summed E-state index contributed by atoms with van der Waals surface area (Å²) in [4.78, 5) is 23.6. The van der Waals surface area contributed by atoms with E-state index in [1.807, 2.05) is 36.4 Å². The van der Waals surface area contributed by atoms with Gasteiger partial charge < -0.3 is 15.2 Å². The van der Waals surface area contributed by atoms with E-state index >= 15 is 0 Å². The summed E-state index contributed by atoms with van der Waals surface area (Å²) < 4.78 is 5.45. The van der Waals surface area contributed by atoms with Crippen molar-refractivity contribution in [3.05, 3.63) is 71.8 Å². The number of benzene rings is 3. The summed E-state index contributed by atoms with van der Waals surface area (Å²) in [6.45, 7) is 0. The molecule has 132 valence electrons. The van der Waals surface area contributed by atoms with Crippen LogP contribution >= 0.6 is 0 Å². The minimum absolute atomic E-state index is 0.0728. The number of nitrogens with one attached hydrogen (secondary N) is 1. The van der Waals surface area contributed by atoms with Crippen molar-refractivity contribution in [3.8, 4) is 5.75 Å². The number of hydrogen-bond donors (Lipinski definition) is 2. The number of anilines is 1. The van der Waals surface area contributed by atoms with Gasteiger partial charge in [0.15, 0.2) is 0 Å². The Labute approximate surface area is 151 Å². The van der Waals surface area contributed by atoms with Crippen molar-refractivity contribution < 1.29 is 19.4 Å². The fourth-order valence-corrected chi connectivity index (χ4v) is 2.99. The number of carbonyl (C=O) groups excluding carboxylic acids is 1. The number of carbonyl (C=O) groups is 2. The number of amides is 1. The molecule has 1 amide bonds. The summed E-state index contributed by atoms with van der Waals surface area (Å²) >= 11 is 0. The van der Waals surface area contributed by atoms with Crippen LogP contribution in [0.2, 0.25) is 0 Å². The summed E-state index contributed by atoms with van der Waals surface area (Å²) in [5, 5.41) is 14.0. The highest BCUT2D eigenvalue weighted by atomic mass is 16.5. The molecule has 0 unspecified atom stereocenters. The topological polar surface area (TPSA) is 75.6 Å².